The van der Waals surface area contributed by atoms with Crippen LogP contribution in [-0.4, -0.2) is 37.8 Å². The average molecular weight is 370 g/mol. The summed E-state index contributed by atoms with van der Waals surface area (Å²) in [6.07, 6.45) is 0.991. The Morgan fingerprint density at radius 1 is 1.04 bits per heavy atom. The molecule has 4 rings (SSSR count). The summed E-state index contributed by atoms with van der Waals surface area (Å²) in [7, 11) is 1.61. The SMILES string of the molecule is COC1CC(O)CC(c2ccc(C)c(Cc3ccc4c(c3)OCCO4)c2)O1. The van der Waals surface area contributed by atoms with Crippen molar-refractivity contribution in [1.82, 2.24) is 0 Å². The molecule has 27 heavy (non-hydrogen) atoms. The lowest BCUT2D eigenvalue weighted by Crippen LogP contribution is -2.32. The Labute approximate surface area is 159 Å². The van der Waals surface area contributed by atoms with Crippen molar-refractivity contribution in [3.8, 4) is 11.5 Å². The van der Waals surface area contributed by atoms with Crippen LogP contribution in [0.1, 0.15) is 41.2 Å². The minimum atomic E-state index is -0.406. The zero-order chi connectivity index (χ0) is 18.8. The number of ether oxygens (including phenoxy) is 4. The largest absolute Gasteiger partial charge is 0.486 e. The molecule has 0 spiro atoms. The lowest BCUT2D eigenvalue weighted by Gasteiger charge is -2.32. The fourth-order valence-electron chi connectivity index (χ4n) is 3.73. The van der Waals surface area contributed by atoms with Crippen LogP contribution in [0.5, 0.6) is 11.5 Å². The third-order valence-electron chi connectivity index (χ3n) is 5.28. The van der Waals surface area contributed by atoms with Gasteiger partial charge in [0.15, 0.2) is 17.8 Å². The minimum Gasteiger partial charge on any atom is -0.486 e. The molecule has 0 saturated carbocycles. The fourth-order valence-corrected chi connectivity index (χ4v) is 3.73. The summed E-state index contributed by atoms with van der Waals surface area (Å²) < 4.78 is 22.6. The highest BCUT2D eigenvalue weighted by atomic mass is 16.7. The number of benzene rings is 2. The number of aliphatic hydroxyl groups excluding tert-OH is 1. The number of fused-ring (bicyclic) bond motifs is 1. The number of methoxy groups -OCH3 is 1. The van der Waals surface area contributed by atoms with Crippen LogP contribution in [0.15, 0.2) is 36.4 Å². The van der Waals surface area contributed by atoms with E-state index in [-0.39, 0.29) is 12.4 Å². The molecular formula is C22H26O5. The Hall–Kier alpha value is -2.08. The molecule has 3 atom stereocenters. The number of aryl methyl sites for hydroxylation is 1. The normalized spacial score (nSPS) is 24.6. The summed E-state index contributed by atoms with van der Waals surface area (Å²) in [4.78, 5) is 0. The van der Waals surface area contributed by atoms with Crippen molar-refractivity contribution < 1.29 is 24.1 Å². The smallest absolute Gasteiger partial charge is 0.161 e. The van der Waals surface area contributed by atoms with E-state index in [1.807, 2.05) is 6.07 Å². The second-order valence-electron chi connectivity index (χ2n) is 7.26. The monoisotopic (exact) mass is 370 g/mol. The molecule has 144 valence electrons. The standard InChI is InChI=1S/C22H26O5/c1-14-3-5-16(20-12-18(23)13-22(24-2)27-20)11-17(14)9-15-4-6-19-21(10-15)26-8-7-25-19/h3-6,10-11,18,20,22-23H,7-9,12-13H2,1-2H3. The summed E-state index contributed by atoms with van der Waals surface area (Å²) in [5.74, 6) is 1.62. The van der Waals surface area contributed by atoms with E-state index >= 15 is 0 Å². The molecule has 0 bridgehead atoms. The first-order valence-electron chi connectivity index (χ1n) is 9.46. The molecule has 1 saturated heterocycles. The first-order chi connectivity index (χ1) is 13.1. The first kappa shape index (κ1) is 18.3. The van der Waals surface area contributed by atoms with E-state index in [9.17, 15) is 5.11 Å². The molecule has 0 aromatic heterocycles. The Kier molecular flexibility index (Phi) is 5.34. The molecular weight excluding hydrogens is 344 g/mol. The second kappa shape index (κ2) is 7.89. The number of rotatable bonds is 4. The quantitative estimate of drug-likeness (QED) is 0.892. The topological polar surface area (TPSA) is 57.2 Å². The van der Waals surface area contributed by atoms with Crippen LogP contribution >= 0.6 is 0 Å². The van der Waals surface area contributed by atoms with Crippen LogP contribution in [0.25, 0.3) is 0 Å². The van der Waals surface area contributed by atoms with E-state index in [4.69, 9.17) is 18.9 Å². The van der Waals surface area contributed by atoms with E-state index in [0.29, 0.717) is 26.1 Å². The molecule has 2 aromatic carbocycles. The van der Waals surface area contributed by atoms with Gasteiger partial charge in [0.05, 0.1) is 12.2 Å². The average Bonchev–Trinajstić information content (AvgIpc) is 2.69. The fraction of sp³-hybridized carbons (Fsp3) is 0.455. The molecule has 2 aliphatic heterocycles. The summed E-state index contributed by atoms with van der Waals surface area (Å²) in [5, 5.41) is 10.1. The molecule has 5 heteroatoms. The summed E-state index contributed by atoms with van der Waals surface area (Å²) in [6, 6.07) is 12.5. The predicted molar refractivity (Wildman–Crippen MR) is 101 cm³/mol. The van der Waals surface area contributed by atoms with E-state index in [2.05, 4.69) is 37.3 Å². The van der Waals surface area contributed by atoms with Crippen LogP contribution in [0.3, 0.4) is 0 Å². The molecule has 2 heterocycles. The second-order valence-corrected chi connectivity index (χ2v) is 7.26. The van der Waals surface area contributed by atoms with Gasteiger partial charge >= 0.3 is 0 Å². The van der Waals surface area contributed by atoms with Gasteiger partial charge in [-0.15, -0.1) is 0 Å². The third kappa shape index (κ3) is 4.10. The molecule has 5 nitrogen and oxygen atoms in total. The highest BCUT2D eigenvalue weighted by Crippen LogP contribution is 2.34. The van der Waals surface area contributed by atoms with Gasteiger partial charge < -0.3 is 24.1 Å². The number of aliphatic hydroxyl groups is 1. The maximum Gasteiger partial charge on any atom is 0.161 e. The van der Waals surface area contributed by atoms with Crippen molar-refractivity contribution in [2.75, 3.05) is 20.3 Å². The molecule has 0 radical (unpaired) electrons. The molecule has 3 unspecified atom stereocenters. The maximum atomic E-state index is 10.1. The van der Waals surface area contributed by atoms with Gasteiger partial charge in [-0.1, -0.05) is 24.3 Å². The van der Waals surface area contributed by atoms with Gasteiger partial charge in [0.25, 0.3) is 0 Å². The minimum absolute atomic E-state index is 0.154. The van der Waals surface area contributed by atoms with Gasteiger partial charge in [-0.2, -0.15) is 0 Å². The Bertz CT molecular complexity index is 803. The van der Waals surface area contributed by atoms with E-state index in [0.717, 1.165) is 23.5 Å². The molecule has 2 aromatic rings. The van der Waals surface area contributed by atoms with Gasteiger partial charge in [0.1, 0.15) is 13.2 Å². The maximum absolute atomic E-state index is 10.1. The lowest BCUT2D eigenvalue weighted by atomic mass is 9.93. The summed E-state index contributed by atoms with van der Waals surface area (Å²) >= 11 is 0. The summed E-state index contributed by atoms with van der Waals surface area (Å²) in [6.45, 7) is 3.31. The van der Waals surface area contributed by atoms with Crippen molar-refractivity contribution in [2.24, 2.45) is 0 Å². The van der Waals surface area contributed by atoms with Crippen LogP contribution in [0, 0.1) is 6.92 Å². The van der Waals surface area contributed by atoms with Crippen molar-refractivity contribution >= 4 is 0 Å². The van der Waals surface area contributed by atoms with Crippen LogP contribution in [-0.2, 0) is 15.9 Å². The zero-order valence-corrected chi connectivity index (χ0v) is 15.8. The van der Waals surface area contributed by atoms with Crippen LogP contribution in [0.4, 0.5) is 0 Å². The van der Waals surface area contributed by atoms with E-state index in [1.54, 1.807) is 7.11 Å². The van der Waals surface area contributed by atoms with E-state index < -0.39 is 6.10 Å². The van der Waals surface area contributed by atoms with Gasteiger partial charge in [0.2, 0.25) is 0 Å². The highest BCUT2D eigenvalue weighted by molar-refractivity contribution is 5.46. The Morgan fingerprint density at radius 2 is 1.85 bits per heavy atom. The number of hydrogen-bond acceptors (Lipinski definition) is 5. The van der Waals surface area contributed by atoms with Gasteiger partial charge in [-0.25, -0.2) is 0 Å². The molecule has 0 aliphatic carbocycles. The van der Waals surface area contributed by atoms with Gasteiger partial charge in [-0.3, -0.25) is 0 Å². The Balaban J connectivity index is 1.56. The first-order valence-corrected chi connectivity index (χ1v) is 9.46. The number of hydrogen-bond donors (Lipinski definition) is 1. The van der Waals surface area contributed by atoms with Crippen LogP contribution < -0.4 is 9.47 Å². The van der Waals surface area contributed by atoms with Crippen molar-refractivity contribution in [3.05, 3.63) is 58.7 Å². The van der Waals surface area contributed by atoms with Crippen molar-refractivity contribution in [1.29, 1.82) is 0 Å². The highest BCUT2D eigenvalue weighted by Gasteiger charge is 2.29. The predicted octanol–water partition coefficient (Wildman–Crippen LogP) is 3.54. The van der Waals surface area contributed by atoms with Crippen molar-refractivity contribution in [2.45, 2.75) is 44.7 Å². The molecule has 1 N–H and O–H groups in total. The molecule has 0 amide bonds. The van der Waals surface area contributed by atoms with Crippen molar-refractivity contribution in [3.63, 3.8) is 0 Å². The van der Waals surface area contributed by atoms with Gasteiger partial charge in [-0.05, 0) is 47.7 Å². The summed E-state index contributed by atoms with van der Waals surface area (Å²) in [5.41, 5.74) is 4.72. The molecule has 1 fully saturated rings. The lowest BCUT2D eigenvalue weighted by molar-refractivity contribution is -0.205. The Morgan fingerprint density at radius 3 is 2.67 bits per heavy atom. The van der Waals surface area contributed by atoms with Crippen LogP contribution in [0.2, 0.25) is 0 Å². The van der Waals surface area contributed by atoms with Gasteiger partial charge in [0, 0.05) is 20.0 Å². The third-order valence-corrected chi connectivity index (χ3v) is 5.28. The van der Waals surface area contributed by atoms with E-state index in [1.165, 1.54) is 16.7 Å². The molecule has 2 aliphatic rings. The zero-order valence-electron chi connectivity index (χ0n) is 15.8.